The summed E-state index contributed by atoms with van der Waals surface area (Å²) in [6.45, 7) is 10.6. The van der Waals surface area contributed by atoms with E-state index in [-0.39, 0.29) is 11.8 Å². The quantitative estimate of drug-likeness (QED) is 0.458. The van der Waals surface area contributed by atoms with Crippen LogP contribution in [0.1, 0.15) is 48.2 Å². The van der Waals surface area contributed by atoms with Crippen molar-refractivity contribution in [2.24, 2.45) is 11.8 Å². The third-order valence-electron chi connectivity index (χ3n) is 6.15. The highest BCUT2D eigenvalue weighted by atomic mass is 32.2. The van der Waals surface area contributed by atoms with Crippen LogP contribution in [0.15, 0.2) is 52.3 Å². The van der Waals surface area contributed by atoms with Gasteiger partial charge in [0, 0.05) is 30.1 Å². The molecule has 2 amide bonds. The van der Waals surface area contributed by atoms with Crippen molar-refractivity contribution in [2.45, 2.75) is 38.5 Å². The summed E-state index contributed by atoms with van der Waals surface area (Å²) in [5.74, 6) is 1.26. The summed E-state index contributed by atoms with van der Waals surface area (Å²) >= 11 is 1.44. The number of anilines is 1. The Hall–Kier alpha value is -2.57. The highest BCUT2D eigenvalue weighted by Crippen LogP contribution is 2.39. The molecule has 0 bridgehead atoms. The summed E-state index contributed by atoms with van der Waals surface area (Å²) in [5.41, 5.74) is 3.42. The van der Waals surface area contributed by atoms with Gasteiger partial charge in [0.25, 0.3) is 11.8 Å². The van der Waals surface area contributed by atoms with Gasteiger partial charge in [-0.15, -0.1) is 0 Å². The van der Waals surface area contributed by atoms with Gasteiger partial charge in [-0.25, -0.2) is 0 Å². The number of nitrogens with one attached hydrogen (secondary N) is 2. The average molecular weight is 464 g/mol. The number of amides is 2. The summed E-state index contributed by atoms with van der Waals surface area (Å²) in [7, 11) is 0. The lowest BCUT2D eigenvalue weighted by Crippen LogP contribution is -2.40. The van der Waals surface area contributed by atoms with E-state index >= 15 is 0 Å². The van der Waals surface area contributed by atoms with Crippen LogP contribution in [-0.4, -0.2) is 42.9 Å². The minimum Gasteiger partial charge on any atom is -0.352 e. The van der Waals surface area contributed by atoms with Crippen LogP contribution >= 0.6 is 11.8 Å². The van der Waals surface area contributed by atoms with E-state index in [9.17, 15) is 9.59 Å². The predicted molar refractivity (Wildman–Crippen MR) is 136 cm³/mol. The molecule has 0 radical (unpaired) electrons. The first-order chi connectivity index (χ1) is 15.9. The average Bonchev–Trinajstić information content (AvgIpc) is 2.76. The van der Waals surface area contributed by atoms with Gasteiger partial charge in [-0.05, 0) is 68.0 Å². The molecule has 0 aliphatic carbocycles. The molecule has 0 unspecified atom stereocenters. The van der Waals surface area contributed by atoms with Crippen LogP contribution in [0.5, 0.6) is 0 Å². The Morgan fingerprint density at radius 1 is 1.18 bits per heavy atom. The van der Waals surface area contributed by atoms with E-state index in [0.717, 1.165) is 53.9 Å². The second-order valence-corrected chi connectivity index (χ2v) is 10.6. The number of thioether (sulfide) groups is 1. The smallest absolute Gasteiger partial charge is 0.262 e. The van der Waals surface area contributed by atoms with Crippen molar-refractivity contribution < 1.29 is 9.59 Å². The fourth-order valence-corrected chi connectivity index (χ4v) is 5.73. The van der Waals surface area contributed by atoms with Crippen LogP contribution in [0.2, 0.25) is 0 Å². The molecule has 33 heavy (non-hydrogen) atoms. The zero-order valence-electron chi connectivity index (χ0n) is 19.7. The number of carbonyl (C=O) groups excluding carboxylic acids is 2. The summed E-state index contributed by atoms with van der Waals surface area (Å²) in [6.07, 6.45) is 4.15. The van der Waals surface area contributed by atoms with Gasteiger partial charge in [0.2, 0.25) is 0 Å². The van der Waals surface area contributed by atoms with Crippen molar-refractivity contribution >= 4 is 35.3 Å². The Labute approximate surface area is 201 Å². The monoisotopic (exact) mass is 463 g/mol. The molecule has 0 spiro atoms. The van der Waals surface area contributed by atoms with E-state index < -0.39 is 0 Å². The fourth-order valence-electron chi connectivity index (χ4n) is 4.79. The predicted octanol–water partition coefficient (Wildman–Crippen LogP) is 5.18. The Morgan fingerprint density at radius 2 is 1.97 bits per heavy atom. The second-order valence-electron chi connectivity index (χ2n) is 9.50. The number of benzene rings is 2. The van der Waals surface area contributed by atoms with Crippen molar-refractivity contribution in [3.05, 3.63) is 64.1 Å². The van der Waals surface area contributed by atoms with Crippen LogP contribution in [0.25, 0.3) is 6.08 Å². The first kappa shape index (κ1) is 23.6. The van der Waals surface area contributed by atoms with E-state index in [2.05, 4.69) is 35.4 Å². The van der Waals surface area contributed by atoms with Gasteiger partial charge in [-0.3, -0.25) is 9.59 Å². The Kier molecular flexibility index (Phi) is 7.56. The summed E-state index contributed by atoms with van der Waals surface area (Å²) in [6, 6.07) is 13.6. The SMILES string of the molecule is Cc1cccc(/C=C2/Sc3ccc(C(=O)NCCCN4C[C@@H](C)C[C@H](C)C4)cc3NC2=O)c1. The van der Waals surface area contributed by atoms with Gasteiger partial charge in [-0.2, -0.15) is 0 Å². The minimum absolute atomic E-state index is 0.0986. The van der Waals surface area contributed by atoms with Crippen molar-refractivity contribution in [1.82, 2.24) is 10.2 Å². The number of nitrogens with zero attached hydrogens (tertiary/aromatic N) is 1. The number of likely N-dealkylation sites (tertiary alicyclic amines) is 1. The molecule has 0 saturated carbocycles. The second kappa shape index (κ2) is 10.6. The van der Waals surface area contributed by atoms with Crippen LogP contribution in [-0.2, 0) is 4.79 Å². The molecule has 1 saturated heterocycles. The van der Waals surface area contributed by atoms with Gasteiger partial charge in [0.05, 0.1) is 10.6 Å². The lowest BCUT2D eigenvalue weighted by atomic mass is 9.92. The summed E-state index contributed by atoms with van der Waals surface area (Å²) in [5, 5.41) is 5.97. The molecule has 174 valence electrons. The zero-order valence-corrected chi connectivity index (χ0v) is 20.5. The molecule has 0 aromatic heterocycles. The molecular weight excluding hydrogens is 430 g/mol. The van der Waals surface area contributed by atoms with E-state index in [1.54, 1.807) is 6.07 Å². The highest BCUT2D eigenvalue weighted by Gasteiger charge is 2.23. The van der Waals surface area contributed by atoms with Crippen LogP contribution in [0.4, 0.5) is 5.69 Å². The molecule has 2 heterocycles. The Morgan fingerprint density at radius 3 is 2.73 bits per heavy atom. The topological polar surface area (TPSA) is 61.4 Å². The lowest BCUT2D eigenvalue weighted by molar-refractivity contribution is -0.112. The van der Waals surface area contributed by atoms with E-state index in [1.165, 1.54) is 18.2 Å². The van der Waals surface area contributed by atoms with Crippen LogP contribution in [0, 0.1) is 18.8 Å². The van der Waals surface area contributed by atoms with Crippen LogP contribution in [0.3, 0.4) is 0 Å². The lowest BCUT2D eigenvalue weighted by Gasteiger charge is -2.34. The maximum atomic E-state index is 12.6. The molecule has 2 N–H and O–H groups in total. The molecule has 2 aromatic carbocycles. The third-order valence-corrected chi connectivity index (χ3v) is 7.25. The van der Waals surface area contributed by atoms with Gasteiger partial charge in [0.15, 0.2) is 0 Å². The standard InChI is InChI=1S/C27H33N3O2S/c1-18-6-4-7-21(13-18)14-25-27(32)29-23-15-22(8-9-24(23)33-25)26(31)28-10-5-11-30-16-19(2)12-20(3)17-30/h4,6-9,13-15,19-20H,5,10-12,16-17H2,1-3H3,(H,28,31)(H,29,32)/b25-14+/t19-,20-/m0/s1. The normalized spacial score (nSPS) is 22.0. The number of aryl methyl sites for hydroxylation is 1. The largest absolute Gasteiger partial charge is 0.352 e. The van der Waals surface area contributed by atoms with Crippen molar-refractivity contribution in [1.29, 1.82) is 0 Å². The number of carbonyl (C=O) groups is 2. The molecule has 6 heteroatoms. The number of piperidine rings is 1. The van der Waals surface area contributed by atoms with Crippen molar-refractivity contribution in [3.63, 3.8) is 0 Å². The number of hydrogen-bond donors (Lipinski definition) is 2. The Bertz CT molecular complexity index is 1060. The molecular formula is C27H33N3O2S. The first-order valence-corrected chi connectivity index (χ1v) is 12.6. The zero-order chi connectivity index (χ0) is 23.4. The number of fused-ring (bicyclic) bond motifs is 1. The summed E-state index contributed by atoms with van der Waals surface area (Å²) < 4.78 is 0. The van der Waals surface area contributed by atoms with Gasteiger partial charge < -0.3 is 15.5 Å². The van der Waals surface area contributed by atoms with Gasteiger partial charge >= 0.3 is 0 Å². The molecule has 4 rings (SSSR count). The van der Waals surface area contributed by atoms with Crippen molar-refractivity contribution in [3.8, 4) is 0 Å². The van der Waals surface area contributed by atoms with E-state index in [1.807, 2.05) is 43.3 Å². The molecule has 2 atom stereocenters. The van der Waals surface area contributed by atoms with E-state index in [4.69, 9.17) is 0 Å². The molecule has 1 fully saturated rings. The number of rotatable bonds is 6. The van der Waals surface area contributed by atoms with Crippen LogP contribution < -0.4 is 10.6 Å². The first-order valence-electron chi connectivity index (χ1n) is 11.8. The molecule has 5 nitrogen and oxygen atoms in total. The molecule has 2 aromatic rings. The highest BCUT2D eigenvalue weighted by molar-refractivity contribution is 8.04. The molecule has 2 aliphatic heterocycles. The summed E-state index contributed by atoms with van der Waals surface area (Å²) in [4.78, 5) is 29.4. The number of hydrogen-bond acceptors (Lipinski definition) is 4. The maximum Gasteiger partial charge on any atom is 0.262 e. The van der Waals surface area contributed by atoms with E-state index in [0.29, 0.717) is 22.7 Å². The Balaban J connectivity index is 1.32. The third kappa shape index (κ3) is 6.27. The fraction of sp³-hybridized carbons (Fsp3) is 0.407. The minimum atomic E-state index is -0.142. The van der Waals surface area contributed by atoms with Gasteiger partial charge in [-0.1, -0.05) is 55.4 Å². The van der Waals surface area contributed by atoms with Gasteiger partial charge in [0.1, 0.15) is 0 Å². The maximum absolute atomic E-state index is 12.6. The van der Waals surface area contributed by atoms with Crippen molar-refractivity contribution in [2.75, 3.05) is 31.5 Å². The molecule has 2 aliphatic rings.